The molecule has 1 N–H and O–H groups in total. The van der Waals surface area contributed by atoms with Gasteiger partial charge >= 0.3 is 6.03 Å². The summed E-state index contributed by atoms with van der Waals surface area (Å²) in [5.41, 5.74) is 2.85. The molecule has 1 aromatic heterocycles. The van der Waals surface area contributed by atoms with E-state index in [1.54, 1.807) is 12.1 Å². The number of hydrogen-bond donors (Lipinski definition) is 1. The van der Waals surface area contributed by atoms with E-state index >= 15 is 0 Å². The lowest BCUT2D eigenvalue weighted by molar-refractivity contribution is 0.174. The van der Waals surface area contributed by atoms with Crippen LogP contribution in [0.1, 0.15) is 23.9 Å². The summed E-state index contributed by atoms with van der Waals surface area (Å²) in [6.45, 7) is 5.65. The molecule has 2 amide bonds. The van der Waals surface area contributed by atoms with Crippen molar-refractivity contribution in [3.8, 4) is 11.5 Å². The molecular weight excluding hydrogens is 308 g/mol. The Balaban J connectivity index is 1.41. The molecule has 1 aromatic carbocycles. The number of aryl methyl sites for hydroxylation is 2. The van der Waals surface area contributed by atoms with Crippen LogP contribution in [-0.2, 0) is 0 Å². The van der Waals surface area contributed by atoms with E-state index in [1.165, 1.54) is 0 Å². The maximum Gasteiger partial charge on any atom is 0.321 e. The molecule has 1 saturated heterocycles. The molecule has 0 spiro atoms. The van der Waals surface area contributed by atoms with Gasteiger partial charge in [0.25, 0.3) is 0 Å². The van der Waals surface area contributed by atoms with Crippen LogP contribution < -0.4 is 14.8 Å². The van der Waals surface area contributed by atoms with E-state index in [4.69, 9.17) is 9.47 Å². The average Bonchev–Trinajstić information content (AvgIpc) is 3.26. The number of urea groups is 1. The summed E-state index contributed by atoms with van der Waals surface area (Å²) in [6.07, 6.45) is 0.913. The molecule has 4 rings (SSSR count). The first-order valence-corrected chi connectivity index (χ1v) is 8.08. The maximum absolute atomic E-state index is 12.5. The molecular formula is C17H20N4O3. The highest BCUT2D eigenvalue weighted by Gasteiger charge is 2.29. The molecule has 7 nitrogen and oxygen atoms in total. The Labute approximate surface area is 140 Å². The second-order valence-corrected chi connectivity index (χ2v) is 6.26. The van der Waals surface area contributed by atoms with Crippen molar-refractivity contribution in [2.75, 3.05) is 25.2 Å². The van der Waals surface area contributed by atoms with Gasteiger partial charge in [0, 0.05) is 30.5 Å². The molecule has 3 heterocycles. The molecule has 2 aromatic rings. The summed E-state index contributed by atoms with van der Waals surface area (Å²) in [5.74, 6) is 1.37. The standard InChI is InChI=1S/C17H20N4O3/c1-11-7-12(2)21(19-11)14-5-6-20(9-14)17(22)18-13-3-4-15-16(8-13)24-10-23-15/h3-4,7-8,14H,5-6,9-10H2,1-2H3,(H,18,22)/t14-/m1/s1. The number of nitrogens with one attached hydrogen (secondary N) is 1. The summed E-state index contributed by atoms with van der Waals surface area (Å²) in [5, 5.41) is 7.46. The number of nitrogens with zero attached hydrogens (tertiary/aromatic N) is 3. The number of amides is 2. The molecule has 24 heavy (non-hydrogen) atoms. The minimum atomic E-state index is -0.0992. The molecule has 126 valence electrons. The number of hydrogen-bond acceptors (Lipinski definition) is 4. The molecule has 0 unspecified atom stereocenters. The third-order valence-corrected chi connectivity index (χ3v) is 4.46. The van der Waals surface area contributed by atoms with Crippen LogP contribution in [0.25, 0.3) is 0 Å². The zero-order chi connectivity index (χ0) is 16.7. The smallest absolute Gasteiger partial charge is 0.321 e. The first kappa shape index (κ1) is 14.9. The predicted molar refractivity (Wildman–Crippen MR) is 88.5 cm³/mol. The molecule has 1 fully saturated rings. The molecule has 2 aliphatic heterocycles. The van der Waals surface area contributed by atoms with Crippen LogP contribution in [0.5, 0.6) is 11.5 Å². The minimum absolute atomic E-state index is 0.0992. The predicted octanol–water partition coefficient (Wildman–Crippen LogP) is 2.71. The van der Waals surface area contributed by atoms with Crippen molar-refractivity contribution in [2.24, 2.45) is 0 Å². The number of anilines is 1. The van der Waals surface area contributed by atoms with Crippen molar-refractivity contribution in [1.82, 2.24) is 14.7 Å². The molecule has 0 saturated carbocycles. The fourth-order valence-electron chi connectivity index (χ4n) is 3.32. The van der Waals surface area contributed by atoms with E-state index in [2.05, 4.69) is 23.4 Å². The van der Waals surface area contributed by atoms with Gasteiger partial charge in [0.2, 0.25) is 6.79 Å². The largest absolute Gasteiger partial charge is 0.454 e. The monoisotopic (exact) mass is 328 g/mol. The van der Waals surface area contributed by atoms with E-state index in [0.29, 0.717) is 23.7 Å². The first-order chi connectivity index (χ1) is 11.6. The van der Waals surface area contributed by atoms with E-state index < -0.39 is 0 Å². The SMILES string of the molecule is Cc1cc(C)n([C@@H]2CCN(C(=O)Nc3ccc4c(c3)OCO4)C2)n1. The molecule has 0 bridgehead atoms. The lowest BCUT2D eigenvalue weighted by Gasteiger charge is -2.18. The van der Waals surface area contributed by atoms with Crippen molar-refractivity contribution >= 4 is 11.7 Å². The molecule has 1 atom stereocenters. The van der Waals surface area contributed by atoms with Gasteiger partial charge in [0.15, 0.2) is 11.5 Å². The second-order valence-electron chi connectivity index (χ2n) is 6.26. The summed E-state index contributed by atoms with van der Waals surface area (Å²) in [7, 11) is 0. The zero-order valence-corrected chi connectivity index (χ0v) is 13.8. The van der Waals surface area contributed by atoms with Gasteiger partial charge in [-0.1, -0.05) is 0 Å². The molecule has 2 aliphatic rings. The van der Waals surface area contributed by atoms with E-state index in [0.717, 1.165) is 24.4 Å². The summed E-state index contributed by atoms with van der Waals surface area (Å²) < 4.78 is 12.6. The highest BCUT2D eigenvalue weighted by Crippen LogP contribution is 2.34. The van der Waals surface area contributed by atoms with Crippen molar-refractivity contribution in [1.29, 1.82) is 0 Å². The first-order valence-electron chi connectivity index (χ1n) is 8.08. The van der Waals surface area contributed by atoms with Gasteiger partial charge in [0.1, 0.15) is 0 Å². The van der Waals surface area contributed by atoms with Crippen LogP contribution in [-0.4, -0.2) is 40.6 Å². The number of likely N-dealkylation sites (tertiary alicyclic amines) is 1. The van der Waals surface area contributed by atoms with Gasteiger partial charge in [-0.2, -0.15) is 5.10 Å². The lowest BCUT2D eigenvalue weighted by atomic mass is 10.2. The molecule has 0 radical (unpaired) electrons. The van der Waals surface area contributed by atoms with E-state index in [1.807, 2.05) is 22.6 Å². The van der Waals surface area contributed by atoms with Crippen molar-refractivity contribution in [3.05, 3.63) is 35.7 Å². The van der Waals surface area contributed by atoms with Gasteiger partial charge < -0.3 is 19.7 Å². The van der Waals surface area contributed by atoms with Crippen LogP contribution in [0.2, 0.25) is 0 Å². The summed E-state index contributed by atoms with van der Waals surface area (Å²) >= 11 is 0. The van der Waals surface area contributed by atoms with Gasteiger partial charge in [-0.05, 0) is 38.5 Å². The quantitative estimate of drug-likeness (QED) is 0.920. The van der Waals surface area contributed by atoms with Crippen LogP contribution in [0.3, 0.4) is 0 Å². The summed E-state index contributed by atoms with van der Waals surface area (Å²) in [4.78, 5) is 14.3. The lowest BCUT2D eigenvalue weighted by Crippen LogP contribution is -2.33. The van der Waals surface area contributed by atoms with Gasteiger partial charge in [0.05, 0.1) is 11.7 Å². The van der Waals surface area contributed by atoms with Gasteiger partial charge in [-0.3, -0.25) is 4.68 Å². The fraction of sp³-hybridized carbons (Fsp3) is 0.412. The fourth-order valence-corrected chi connectivity index (χ4v) is 3.32. The number of benzene rings is 1. The number of carbonyl (C=O) groups is 1. The van der Waals surface area contributed by atoms with Crippen molar-refractivity contribution < 1.29 is 14.3 Å². The Bertz CT molecular complexity index is 786. The molecule has 7 heteroatoms. The minimum Gasteiger partial charge on any atom is -0.454 e. The van der Waals surface area contributed by atoms with Crippen molar-refractivity contribution in [3.63, 3.8) is 0 Å². The highest BCUT2D eigenvalue weighted by atomic mass is 16.7. The van der Waals surface area contributed by atoms with Crippen molar-refractivity contribution in [2.45, 2.75) is 26.3 Å². The second kappa shape index (κ2) is 5.74. The van der Waals surface area contributed by atoms with Crippen LogP contribution in [0.15, 0.2) is 24.3 Å². The number of ether oxygens (including phenoxy) is 2. The number of fused-ring (bicyclic) bond motifs is 1. The number of rotatable bonds is 2. The third kappa shape index (κ3) is 2.66. The number of aromatic nitrogens is 2. The van der Waals surface area contributed by atoms with Crippen LogP contribution in [0.4, 0.5) is 10.5 Å². The Morgan fingerprint density at radius 3 is 2.88 bits per heavy atom. The average molecular weight is 328 g/mol. The highest BCUT2D eigenvalue weighted by molar-refractivity contribution is 5.90. The van der Waals surface area contributed by atoms with Gasteiger partial charge in [-0.25, -0.2) is 4.79 Å². The maximum atomic E-state index is 12.5. The Hall–Kier alpha value is -2.70. The normalized spacial score (nSPS) is 18.9. The van der Waals surface area contributed by atoms with Crippen LogP contribution in [0, 0.1) is 13.8 Å². The Morgan fingerprint density at radius 2 is 2.08 bits per heavy atom. The van der Waals surface area contributed by atoms with Gasteiger partial charge in [-0.15, -0.1) is 0 Å². The third-order valence-electron chi connectivity index (χ3n) is 4.46. The number of carbonyl (C=O) groups excluding carboxylic acids is 1. The molecule has 0 aliphatic carbocycles. The van der Waals surface area contributed by atoms with E-state index in [9.17, 15) is 4.79 Å². The van der Waals surface area contributed by atoms with Crippen LogP contribution >= 0.6 is 0 Å². The Morgan fingerprint density at radius 1 is 1.25 bits per heavy atom. The Kier molecular flexibility index (Phi) is 3.55. The summed E-state index contributed by atoms with van der Waals surface area (Å²) in [6, 6.07) is 7.61. The zero-order valence-electron chi connectivity index (χ0n) is 13.8. The topological polar surface area (TPSA) is 68.6 Å². The van der Waals surface area contributed by atoms with E-state index in [-0.39, 0.29) is 18.9 Å².